The van der Waals surface area contributed by atoms with Gasteiger partial charge in [0.25, 0.3) is 0 Å². The predicted octanol–water partition coefficient (Wildman–Crippen LogP) is 0.449. The standard InChI is InChI=1S/C17H27N5O/c1-21-8-10-22(11-9-21)16-3-2-14(12-19-16)13-20-17(23)15-4-6-18-7-5-15/h2-3,12,15,18H,4-11,13H2,1H3,(H,20,23). The van der Waals surface area contributed by atoms with Gasteiger partial charge in [0.05, 0.1) is 0 Å². The number of piperazine rings is 1. The molecule has 0 aliphatic carbocycles. The highest BCUT2D eigenvalue weighted by Crippen LogP contribution is 2.14. The van der Waals surface area contributed by atoms with Crippen LogP contribution in [0.5, 0.6) is 0 Å². The van der Waals surface area contributed by atoms with Gasteiger partial charge in [0.1, 0.15) is 5.82 Å². The first-order valence-corrected chi connectivity index (χ1v) is 8.59. The van der Waals surface area contributed by atoms with E-state index in [0.717, 1.165) is 63.5 Å². The number of carbonyl (C=O) groups is 1. The fourth-order valence-electron chi connectivity index (χ4n) is 3.16. The first-order chi connectivity index (χ1) is 11.2. The van der Waals surface area contributed by atoms with Crippen LogP contribution >= 0.6 is 0 Å². The maximum absolute atomic E-state index is 12.1. The molecule has 2 aliphatic rings. The van der Waals surface area contributed by atoms with Crippen molar-refractivity contribution in [1.29, 1.82) is 0 Å². The van der Waals surface area contributed by atoms with Crippen LogP contribution in [0.4, 0.5) is 5.82 Å². The second kappa shape index (κ2) is 7.75. The molecule has 2 saturated heterocycles. The number of aromatic nitrogens is 1. The van der Waals surface area contributed by atoms with Gasteiger partial charge < -0.3 is 20.4 Å². The minimum atomic E-state index is 0.161. The number of piperidine rings is 1. The number of hydrogen-bond acceptors (Lipinski definition) is 5. The van der Waals surface area contributed by atoms with Gasteiger partial charge in [-0.1, -0.05) is 6.07 Å². The summed E-state index contributed by atoms with van der Waals surface area (Å²) in [5.41, 5.74) is 1.06. The molecule has 0 aromatic carbocycles. The van der Waals surface area contributed by atoms with Crippen molar-refractivity contribution in [1.82, 2.24) is 20.5 Å². The summed E-state index contributed by atoms with van der Waals surface area (Å²) in [5.74, 6) is 1.37. The Labute approximate surface area is 138 Å². The highest BCUT2D eigenvalue weighted by atomic mass is 16.1. The van der Waals surface area contributed by atoms with E-state index in [1.165, 1.54) is 0 Å². The number of hydrogen-bond donors (Lipinski definition) is 2. The SMILES string of the molecule is CN1CCN(c2ccc(CNC(=O)C3CCNCC3)cn2)CC1. The summed E-state index contributed by atoms with van der Waals surface area (Å²) >= 11 is 0. The maximum Gasteiger partial charge on any atom is 0.223 e. The zero-order valence-electron chi connectivity index (χ0n) is 13.9. The van der Waals surface area contributed by atoms with Crippen molar-refractivity contribution in [2.75, 3.05) is 51.2 Å². The molecule has 6 nitrogen and oxygen atoms in total. The van der Waals surface area contributed by atoms with Crippen LogP contribution in [0, 0.1) is 5.92 Å². The fraction of sp³-hybridized carbons (Fsp3) is 0.647. The van der Waals surface area contributed by atoms with Crippen LogP contribution in [-0.4, -0.2) is 62.1 Å². The largest absolute Gasteiger partial charge is 0.354 e. The third kappa shape index (κ3) is 4.42. The van der Waals surface area contributed by atoms with Crippen LogP contribution in [-0.2, 0) is 11.3 Å². The van der Waals surface area contributed by atoms with Crippen LogP contribution in [0.3, 0.4) is 0 Å². The Bertz CT molecular complexity index is 504. The smallest absolute Gasteiger partial charge is 0.223 e. The molecular formula is C17H27N5O. The van der Waals surface area contributed by atoms with Crippen molar-refractivity contribution < 1.29 is 4.79 Å². The lowest BCUT2D eigenvalue weighted by atomic mass is 9.97. The highest BCUT2D eigenvalue weighted by molar-refractivity contribution is 5.78. The predicted molar refractivity (Wildman–Crippen MR) is 91.4 cm³/mol. The Morgan fingerprint density at radius 3 is 2.65 bits per heavy atom. The van der Waals surface area contributed by atoms with E-state index in [9.17, 15) is 4.79 Å². The second-order valence-electron chi connectivity index (χ2n) is 6.56. The topological polar surface area (TPSA) is 60.5 Å². The molecule has 1 amide bonds. The van der Waals surface area contributed by atoms with Crippen LogP contribution in [0.2, 0.25) is 0 Å². The lowest BCUT2D eigenvalue weighted by molar-refractivity contribution is -0.125. The number of nitrogens with one attached hydrogen (secondary N) is 2. The monoisotopic (exact) mass is 317 g/mol. The van der Waals surface area contributed by atoms with E-state index in [1.54, 1.807) is 0 Å². The van der Waals surface area contributed by atoms with E-state index < -0.39 is 0 Å². The van der Waals surface area contributed by atoms with Gasteiger partial charge in [-0.25, -0.2) is 4.98 Å². The molecule has 0 bridgehead atoms. The van der Waals surface area contributed by atoms with E-state index in [-0.39, 0.29) is 11.8 Å². The Balaban J connectivity index is 1.48. The van der Waals surface area contributed by atoms with Crippen molar-refractivity contribution in [2.45, 2.75) is 19.4 Å². The minimum Gasteiger partial charge on any atom is -0.354 e. The first-order valence-electron chi connectivity index (χ1n) is 8.59. The molecule has 0 saturated carbocycles. The summed E-state index contributed by atoms with van der Waals surface area (Å²) in [7, 11) is 2.15. The molecule has 0 unspecified atom stereocenters. The lowest BCUT2D eigenvalue weighted by Crippen LogP contribution is -2.44. The van der Waals surface area contributed by atoms with Crippen molar-refractivity contribution in [3.05, 3.63) is 23.9 Å². The summed E-state index contributed by atoms with van der Waals surface area (Å²) in [6.45, 7) is 6.66. The molecule has 3 rings (SSSR count). The molecule has 2 fully saturated rings. The highest BCUT2D eigenvalue weighted by Gasteiger charge is 2.20. The molecule has 1 aromatic heterocycles. The molecule has 0 atom stereocenters. The summed E-state index contributed by atoms with van der Waals surface area (Å²) in [6.07, 6.45) is 3.76. The quantitative estimate of drug-likeness (QED) is 0.844. The Kier molecular flexibility index (Phi) is 5.46. The van der Waals surface area contributed by atoms with Gasteiger partial charge in [-0.2, -0.15) is 0 Å². The van der Waals surface area contributed by atoms with Gasteiger partial charge >= 0.3 is 0 Å². The van der Waals surface area contributed by atoms with E-state index in [2.05, 4.69) is 44.6 Å². The van der Waals surface area contributed by atoms with Gasteiger partial charge in [0.2, 0.25) is 5.91 Å². The van der Waals surface area contributed by atoms with Crippen molar-refractivity contribution >= 4 is 11.7 Å². The van der Waals surface area contributed by atoms with Gasteiger partial charge in [-0.3, -0.25) is 4.79 Å². The van der Waals surface area contributed by atoms with Gasteiger partial charge in [0.15, 0.2) is 0 Å². The first kappa shape index (κ1) is 16.2. The van der Waals surface area contributed by atoms with Crippen LogP contribution in [0.15, 0.2) is 18.3 Å². The van der Waals surface area contributed by atoms with Gasteiger partial charge in [-0.15, -0.1) is 0 Å². The molecule has 2 aliphatic heterocycles. The molecule has 0 spiro atoms. The Hall–Kier alpha value is -1.66. The lowest BCUT2D eigenvalue weighted by Gasteiger charge is -2.33. The molecule has 3 heterocycles. The van der Waals surface area contributed by atoms with Crippen molar-refractivity contribution in [2.24, 2.45) is 5.92 Å². The summed E-state index contributed by atoms with van der Waals surface area (Å²) in [5, 5.41) is 6.33. The Morgan fingerprint density at radius 1 is 1.26 bits per heavy atom. The van der Waals surface area contributed by atoms with Crippen molar-refractivity contribution in [3.63, 3.8) is 0 Å². The zero-order valence-corrected chi connectivity index (χ0v) is 13.9. The van der Waals surface area contributed by atoms with E-state index in [0.29, 0.717) is 6.54 Å². The minimum absolute atomic E-state index is 0.161. The van der Waals surface area contributed by atoms with Crippen LogP contribution < -0.4 is 15.5 Å². The number of likely N-dealkylation sites (N-methyl/N-ethyl adjacent to an activating group) is 1. The third-order valence-electron chi connectivity index (χ3n) is 4.81. The molecular weight excluding hydrogens is 290 g/mol. The molecule has 2 N–H and O–H groups in total. The van der Waals surface area contributed by atoms with E-state index in [1.807, 2.05) is 6.20 Å². The zero-order chi connectivity index (χ0) is 16.1. The molecule has 1 aromatic rings. The molecule has 23 heavy (non-hydrogen) atoms. The third-order valence-corrected chi connectivity index (χ3v) is 4.81. The fourth-order valence-corrected chi connectivity index (χ4v) is 3.16. The number of nitrogens with zero attached hydrogens (tertiary/aromatic N) is 3. The number of pyridine rings is 1. The number of carbonyl (C=O) groups excluding carboxylic acids is 1. The second-order valence-corrected chi connectivity index (χ2v) is 6.56. The van der Waals surface area contributed by atoms with Crippen LogP contribution in [0.25, 0.3) is 0 Å². The van der Waals surface area contributed by atoms with Crippen LogP contribution in [0.1, 0.15) is 18.4 Å². The molecule has 126 valence electrons. The number of rotatable bonds is 4. The number of anilines is 1. The average molecular weight is 317 g/mol. The maximum atomic E-state index is 12.1. The average Bonchev–Trinajstić information content (AvgIpc) is 2.61. The van der Waals surface area contributed by atoms with Crippen molar-refractivity contribution in [3.8, 4) is 0 Å². The number of amides is 1. The molecule has 0 radical (unpaired) electrons. The normalized spacial score (nSPS) is 20.5. The Morgan fingerprint density at radius 2 is 2.00 bits per heavy atom. The van der Waals surface area contributed by atoms with Gasteiger partial charge in [-0.05, 0) is 44.6 Å². The summed E-state index contributed by atoms with van der Waals surface area (Å²) in [6, 6.07) is 4.14. The molecule has 6 heteroatoms. The van der Waals surface area contributed by atoms with Gasteiger partial charge in [0, 0.05) is 44.8 Å². The van der Waals surface area contributed by atoms with E-state index in [4.69, 9.17) is 0 Å². The van der Waals surface area contributed by atoms with E-state index >= 15 is 0 Å². The summed E-state index contributed by atoms with van der Waals surface area (Å²) in [4.78, 5) is 21.4. The summed E-state index contributed by atoms with van der Waals surface area (Å²) < 4.78 is 0.